The van der Waals surface area contributed by atoms with Crippen molar-refractivity contribution >= 4 is 21.9 Å². The predicted octanol–water partition coefficient (Wildman–Crippen LogP) is 3.42. The number of nitrogens with zero attached hydrogens (tertiary/aromatic N) is 1. The molecule has 88 valence electrons. The standard InChI is InChI=1S/C12H10BrNO3/c1-6-3-4-9(13)8(5-6)11-14-10(12(15)16)7(2)17-11/h3-5H,1-2H3,(H,15,16). The van der Waals surface area contributed by atoms with Gasteiger partial charge in [-0.15, -0.1) is 0 Å². The number of aryl methyl sites for hydroxylation is 2. The zero-order chi connectivity index (χ0) is 12.6. The number of carbonyl (C=O) groups is 1. The molecule has 1 heterocycles. The second-order valence-electron chi connectivity index (χ2n) is 3.71. The van der Waals surface area contributed by atoms with E-state index in [1.54, 1.807) is 6.92 Å². The molecule has 1 N–H and O–H groups in total. The highest BCUT2D eigenvalue weighted by Gasteiger charge is 2.18. The molecule has 0 radical (unpaired) electrons. The van der Waals surface area contributed by atoms with E-state index < -0.39 is 5.97 Å². The van der Waals surface area contributed by atoms with Gasteiger partial charge in [-0.2, -0.15) is 0 Å². The van der Waals surface area contributed by atoms with Crippen LogP contribution in [0.1, 0.15) is 21.8 Å². The van der Waals surface area contributed by atoms with Crippen LogP contribution in [0.25, 0.3) is 11.5 Å². The van der Waals surface area contributed by atoms with Crippen LogP contribution in [-0.4, -0.2) is 16.1 Å². The van der Waals surface area contributed by atoms with E-state index in [4.69, 9.17) is 9.52 Å². The molecule has 0 saturated heterocycles. The minimum Gasteiger partial charge on any atom is -0.476 e. The molecule has 1 aromatic heterocycles. The number of carboxylic acids is 1. The van der Waals surface area contributed by atoms with Crippen molar-refractivity contribution < 1.29 is 14.3 Å². The molecule has 2 aromatic rings. The van der Waals surface area contributed by atoms with Crippen LogP contribution >= 0.6 is 15.9 Å². The van der Waals surface area contributed by atoms with Gasteiger partial charge in [-0.3, -0.25) is 0 Å². The Morgan fingerprint density at radius 2 is 2.12 bits per heavy atom. The molecule has 0 amide bonds. The normalized spacial score (nSPS) is 10.5. The lowest BCUT2D eigenvalue weighted by Gasteiger charge is -2.00. The lowest BCUT2D eigenvalue weighted by Crippen LogP contribution is -1.98. The van der Waals surface area contributed by atoms with Crippen LogP contribution in [0.3, 0.4) is 0 Å². The van der Waals surface area contributed by atoms with E-state index in [-0.39, 0.29) is 5.69 Å². The summed E-state index contributed by atoms with van der Waals surface area (Å²) >= 11 is 3.39. The van der Waals surface area contributed by atoms with Gasteiger partial charge in [0.1, 0.15) is 5.76 Å². The highest BCUT2D eigenvalue weighted by Crippen LogP contribution is 2.29. The molecule has 0 fully saturated rings. The average Bonchev–Trinajstić information content (AvgIpc) is 2.64. The van der Waals surface area contributed by atoms with E-state index in [0.29, 0.717) is 11.7 Å². The van der Waals surface area contributed by atoms with Crippen LogP contribution in [0.2, 0.25) is 0 Å². The third-order valence-corrected chi connectivity index (χ3v) is 3.04. The molecule has 4 nitrogen and oxygen atoms in total. The smallest absolute Gasteiger partial charge is 0.358 e. The molecule has 0 aliphatic heterocycles. The van der Waals surface area contributed by atoms with Gasteiger partial charge in [0.15, 0.2) is 5.69 Å². The van der Waals surface area contributed by atoms with Crippen LogP contribution in [0.5, 0.6) is 0 Å². The van der Waals surface area contributed by atoms with Crippen LogP contribution < -0.4 is 0 Å². The quantitative estimate of drug-likeness (QED) is 0.922. The summed E-state index contributed by atoms with van der Waals surface area (Å²) in [5.41, 5.74) is 1.75. The Kier molecular flexibility index (Phi) is 3.02. The molecule has 17 heavy (non-hydrogen) atoms. The molecule has 2 rings (SSSR count). The van der Waals surface area contributed by atoms with E-state index in [1.807, 2.05) is 25.1 Å². The molecule has 1 aromatic carbocycles. The van der Waals surface area contributed by atoms with E-state index in [0.717, 1.165) is 15.6 Å². The second-order valence-corrected chi connectivity index (χ2v) is 4.57. The number of oxazole rings is 1. The number of rotatable bonds is 2. The minimum atomic E-state index is -1.08. The van der Waals surface area contributed by atoms with E-state index in [1.165, 1.54) is 0 Å². The van der Waals surface area contributed by atoms with Gasteiger partial charge in [0.2, 0.25) is 5.89 Å². The minimum absolute atomic E-state index is 0.0478. The maximum atomic E-state index is 10.9. The van der Waals surface area contributed by atoms with Crippen molar-refractivity contribution in [3.05, 3.63) is 39.7 Å². The van der Waals surface area contributed by atoms with Gasteiger partial charge in [-0.25, -0.2) is 9.78 Å². The van der Waals surface area contributed by atoms with Gasteiger partial charge in [0.05, 0.1) is 5.56 Å². The fourth-order valence-electron chi connectivity index (χ4n) is 1.51. The summed E-state index contributed by atoms with van der Waals surface area (Å²) in [4.78, 5) is 14.9. The Morgan fingerprint density at radius 1 is 1.41 bits per heavy atom. The van der Waals surface area contributed by atoms with E-state index in [2.05, 4.69) is 20.9 Å². The number of carboxylic acid groups (broad SMARTS) is 1. The van der Waals surface area contributed by atoms with Crippen LogP contribution in [-0.2, 0) is 0 Å². The number of benzene rings is 1. The molecule has 0 bridgehead atoms. The maximum absolute atomic E-state index is 10.9. The lowest BCUT2D eigenvalue weighted by atomic mass is 10.1. The van der Waals surface area contributed by atoms with Crippen molar-refractivity contribution in [3.63, 3.8) is 0 Å². The van der Waals surface area contributed by atoms with Crippen molar-refractivity contribution in [1.29, 1.82) is 0 Å². The first kappa shape index (κ1) is 11.9. The van der Waals surface area contributed by atoms with Gasteiger partial charge in [-0.05, 0) is 41.9 Å². The molecule has 5 heteroatoms. The van der Waals surface area contributed by atoms with Gasteiger partial charge in [0.25, 0.3) is 0 Å². The summed E-state index contributed by atoms with van der Waals surface area (Å²) in [5.74, 6) is -0.461. The summed E-state index contributed by atoms with van der Waals surface area (Å²) in [6.45, 7) is 3.54. The first-order valence-electron chi connectivity index (χ1n) is 4.96. The Balaban J connectivity index is 2.57. The second kappa shape index (κ2) is 4.33. The van der Waals surface area contributed by atoms with Crippen molar-refractivity contribution in [2.24, 2.45) is 0 Å². The van der Waals surface area contributed by atoms with Gasteiger partial charge >= 0.3 is 5.97 Å². The van der Waals surface area contributed by atoms with Crippen LogP contribution in [0.4, 0.5) is 0 Å². The van der Waals surface area contributed by atoms with E-state index in [9.17, 15) is 4.79 Å². The highest BCUT2D eigenvalue weighted by atomic mass is 79.9. The molecular formula is C12H10BrNO3. The number of halogens is 1. The molecule has 0 unspecified atom stereocenters. The van der Waals surface area contributed by atoms with E-state index >= 15 is 0 Å². The zero-order valence-corrected chi connectivity index (χ0v) is 10.9. The Morgan fingerprint density at radius 3 is 2.71 bits per heavy atom. The number of hydrogen-bond donors (Lipinski definition) is 1. The van der Waals surface area contributed by atoms with Gasteiger partial charge in [-0.1, -0.05) is 11.6 Å². The van der Waals surface area contributed by atoms with Crippen molar-refractivity contribution in [3.8, 4) is 11.5 Å². The Hall–Kier alpha value is -1.62. The highest BCUT2D eigenvalue weighted by molar-refractivity contribution is 9.10. The van der Waals surface area contributed by atoms with Gasteiger partial charge < -0.3 is 9.52 Å². The third kappa shape index (κ3) is 2.24. The monoisotopic (exact) mass is 295 g/mol. The molecule has 0 aliphatic carbocycles. The molecular weight excluding hydrogens is 286 g/mol. The number of aromatic carboxylic acids is 1. The Bertz CT molecular complexity index is 589. The molecule has 0 spiro atoms. The summed E-state index contributed by atoms with van der Waals surface area (Å²) in [6.07, 6.45) is 0. The molecule has 0 atom stereocenters. The summed E-state index contributed by atoms with van der Waals surface area (Å²) < 4.78 is 6.20. The van der Waals surface area contributed by atoms with Crippen molar-refractivity contribution in [2.75, 3.05) is 0 Å². The summed E-state index contributed by atoms with van der Waals surface area (Å²) in [7, 11) is 0. The summed E-state index contributed by atoms with van der Waals surface area (Å²) in [6, 6.07) is 5.72. The van der Waals surface area contributed by atoms with Crippen LogP contribution in [0.15, 0.2) is 27.1 Å². The third-order valence-electron chi connectivity index (χ3n) is 2.35. The average molecular weight is 296 g/mol. The Labute approximate surface area is 106 Å². The van der Waals surface area contributed by atoms with Crippen molar-refractivity contribution in [1.82, 2.24) is 4.98 Å². The maximum Gasteiger partial charge on any atom is 0.358 e. The fourth-order valence-corrected chi connectivity index (χ4v) is 1.93. The molecule has 0 aliphatic rings. The fraction of sp³-hybridized carbons (Fsp3) is 0.167. The zero-order valence-electron chi connectivity index (χ0n) is 9.32. The number of hydrogen-bond acceptors (Lipinski definition) is 3. The SMILES string of the molecule is Cc1ccc(Br)c(-c2nc(C(=O)O)c(C)o2)c1. The first-order valence-corrected chi connectivity index (χ1v) is 5.75. The topological polar surface area (TPSA) is 63.3 Å². The largest absolute Gasteiger partial charge is 0.476 e. The summed E-state index contributed by atoms with van der Waals surface area (Å²) in [5, 5.41) is 8.92. The van der Waals surface area contributed by atoms with Crippen molar-refractivity contribution in [2.45, 2.75) is 13.8 Å². The van der Waals surface area contributed by atoms with Gasteiger partial charge in [0, 0.05) is 4.47 Å². The predicted molar refractivity (Wildman–Crippen MR) is 66.1 cm³/mol. The lowest BCUT2D eigenvalue weighted by molar-refractivity contribution is 0.0689. The number of aromatic nitrogens is 1. The first-order chi connectivity index (χ1) is 7.99. The van der Waals surface area contributed by atoms with Crippen LogP contribution in [0, 0.1) is 13.8 Å². The molecule has 0 saturated carbocycles.